The van der Waals surface area contributed by atoms with Gasteiger partial charge in [0.15, 0.2) is 18.1 Å². The Morgan fingerprint density at radius 2 is 1.96 bits per heavy atom. The van der Waals surface area contributed by atoms with Crippen molar-refractivity contribution in [2.75, 3.05) is 19.8 Å². The molecule has 0 radical (unpaired) electrons. The fraction of sp³-hybridized carbons (Fsp3) is 0.381. The lowest BCUT2D eigenvalue weighted by molar-refractivity contribution is -0.119. The van der Waals surface area contributed by atoms with Crippen LogP contribution in [-0.4, -0.2) is 30.6 Å². The van der Waals surface area contributed by atoms with E-state index < -0.39 is 5.91 Å². The molecule has 5 nitrogen and oxygen atoms in total. The van der Waals surface area contributed by atoms with Gasteiger partial charge in [0, 0.05) is 17.6 Å². The third kappa shape index (κ3) is 5.15. The van der Waals surface area contributed by atoms with Crippen LogP contribution in [-0.2, 0) is 11.3 Å². The van der Waals surface area contributed by atoms with Gasteiger partial charge in [-0.2, -0.15) is 0 Å². The summed E-state index contributed by atoms with van der Waals surface area (Å²) in [6.45, 7) is 4.15. The molecule has 2 aromatic rings. The predicted molar refractivity (Wildman–Crippen MR) is 106 cm³/mol. The Bertz CT molecular complexity index is 779. The van der Waals surface area contributed by atoms with Gasteiger partial charge in [-0.15, -0.1) is 0 Å². The lowest BCUT2D eigenvalue weighted by atomic mass is 10.0. The number of rotatable bonds is 8. The Kier molecular flexibility index (Phi) is 6.58. The van der Waals surface area contributed by atoms with Crippen LogP contribution < -0.4 is 15.2 Å². The highest BCUT2D eigenvalue weighted by Gasteiger charge is 2.26. The summed E-state index contributed by atoms with van der Waals surface area (Å²) in [6, 6.07) is 14.3. The highest BCUT2D eigenvalue weighted by Crippen LogP contribution is 2.35. The fourth-order valence-corrected chi connectivity index (χ4v) is 3.63. The van der Waals surface area contributed by atoms with Crippen molar-refractivity contribution in [2.24, 2.45) is 5.73 Å². The number of nitrogens with zero attached hydrogens (tertiary/aromatic N) is 1. The van der Waals surface area contributed by atoms with Crippen LogP contribution in [0.25, 0.3) is 0 Å². The number of benzene rings is 2. The third-order valence-corrected chi connectivity index (χ3v) is 4.93. The van der Waals surface area contributed by atoms with Gasteiger partial charge in [0.1, 0.15) is 0 Å². The van der Waals surface area contributed by atoms with E-state index in [1.54, 1.807) is 0 Å². The second kappa shape index (κ2) is 9.11. The Morgan fingerprint density at radius 1 is 1.19 bits per heavy atom. The first-order chi connectivity index (χ1) is 13.1. The zero-order chi connectivity index (χ0) is 19.2. The molecule has 0 bridgehead atoms. The summed E-state index contributed by atoms with van der Waals surface area (Å²) in [5.74, 6) is 0.665. The quantitative estimate of drug-likeness (QED) is 0.743. The van der Waals surface area contributed by atoms with Crippen LogP contribution in [0.5, 0.6) is 11.5 Å². The molecule has 1 heterocycles. The van der Waals surface area contributed by atoms with E-state index >= 15 is 0 Å². The maximum absolute atomic E-state index is 11.0. The average molecular weight is 389 g/mol. The number of nitrogens with two attached hydrogens (primary N) is 1. The molecule has 0 spiro atoms. The number of amides is 1. The van der Waals surface area contributed by atoms with E-state index in [4.69, 9.17) is 26.8 Å². The van der Waals surface area contributed by atoms with Crippen LogP contribution in [0.15, 0.2) is 42.5 Å². The van der Waals surface area contributed by atoms with Crippen molar-refractivity contribution in [1.29, 1.82) is 0 Å². The SMILES string of the molecule is CCOc1cc(CN2CCC[C@H]2c2ccc(Cl)cc2)ccc1OCC(N)=O. The third-order valence-electron chi connectivity index (χ3n) is 4.68. The first-order valence-corrected chi connectivity index (χ1v) is 9.61. The van der Waals surface area contributed by atoms with Gasteiger partial charge in [0.25, 0.3) is 5.91 Å². The smallest absolute Gasteiger partial charge is 0.255 e. The molecule has 1 amide bonds. The van der Waals surface area contributed by atoms with Crippen molar-refractivity contribution < 1.29 is 14.3 Å². The molecule has 3 rings (SSSR count). The topological polar surface area (TPSA) is 64.8 Å². The highest BCUT2D eigenvalue weighted by molar-refractivity contribution is 6.30. The lowest BCUT2D eigenvalue weighted by Crippen LogP contribution is -2.23. The molecule has 2 N–H and O–H groups in total. The number of halogens is 1. The van der Waals surface area contributed by atoms with E-state index in [0.717, 1.165) is 30.1 Å². The van der Waals surface area contributed by atoms with Gasteiger partial charge in [-0.05, 0) is 61.7 Å². The Hall–Kier alpha value is -2.24. The van der Waals surface area contributed by atoms with Crippen molar-refractivity contribution in [1.82, 2.24) is 4.90 Å². The van der Waals surface area contributed by atoms with Crippen molar-refractivity contribution in [3.8, 4) is 11.5 Å². The molecule has 0 aromatic heterocycles. The first kappa shape index (κ1) is 19.5. The maximum atomic E-state index is 11.0. The summed E-state index contributed by atoms with van der Waals surface area (Å²) >= 11 is 6.02. The maximum Gasteiger partial charge on any atom is 0.255 e. The van der Waals surface area contributed by atoms with Gasteiger partial charge in [0.05, 0.1) is 6.61 Å². The second-order valence-electron chi connectivity index (χ2n) is 6.65. The number of likely N-dealkylation sites (tertiary alicyclic amines) is 1. The molecule has 0 aliphatic carbocycles. The van der Waals surface area contributed by atoms with E-state index in [-0.39, 0.29) is 6.61 Å². The molecular formula is C21H25ClN2O3. The normalized spacial score (nSPS) is 17.0. The molecule has 0 unspecified atom stereocenters. The van der Waals surface area contributed by atoms with Crippen LogP contribution >= 0.6 is 11.6 Å². The fourth-order valence-electron chi connectivity index (χ4n) is 3.50. The summed E-state index contributed by atoms with van der Waals surface area (Å²) in [4.78, 5) is 13.4. The number of ether oxygens (including phenoxy) is 2. The summed E-state index contributed by atoms with van der Waals surface area (Å²) < 4.78 is 11.1. The Balaban J connectivity index is 1.74. The molecule has 1 saturated heterocycles. The summed E-state index contributed by atoms with van der Waals surface area (Å²) in [7, 11) is 0. The first-order valence-electron chi connectivity index (χ1n) is 9.23. The largest absolute Gasteiger partial charge is 0.490 e. The molecular weight excluding hydrogens is 364 g/mol. The minimum atomic E-state index is -0.510. The molecule has 1 fully saturated rings. The van der Waals surface area contributed by atoms with Crippen LogP contribution in [0.1, 0.15) is 36.9 Å². The summed E-state index contributed by atoms with van der Waals surface area (Å²) in [5.41, 5.74) is 7.60. The van der Waals surface area contributed by atoms with Crippen molar-refractivity contribution in [3.05, 3.63) is 58.6 Å². The van der Waals surface area contributed by atoms with Crippen LogP contribution in [0.2, 0.25) is 5.02 Å². The van der Waals surface area contributed by atoms with Gasteiger partial charge >= 0.3 is 0 Å². The summed E-state index contributed by atoms with van der Waals surface area (Å²) in [6.07, 6.45) is 2.31. The average Bonchev–Trinajstić information content (AvgIpc) is 3.10. The van der Waals surface area contributed by atoms with E-state index in [2.05, 4.69) is 17.0 Å². The van der Waals surface area contributed by atoms with Gasteiger partial charge in [-0.25, -0.2) is 0 Å². The minimum absolute atomic E-state index is 0.163. The van der Waals surface area contributed by atoms with Gasteiger partial charge in [-0.3, -0.25) is 9.69 Å². The van der Waals surface area contributed by atoms with Crippen molar-refractivity contribution in [2.45, 2.75) is 32.4 Å². The number of primary amides is 1. The van der Waals surface area contributed by atoms with Gasteiger partial charge in [0.2, 0.25) is 0 Å². The van der Waals surface area contributed by atoms with Gasteiger partial charge in [-0.1, -0.05) is 29.8 Å². The number of carbonyl (C=O) groups excluding carboxylic acids is 1. The molecule has 144 valence electrons. The molecule has 6 heteroatoms. The van der Waals surface area contributed by atoms with Crippen molar-refractivity contribution >= 4 is 17.5 Å². The minimum Gasteiger partial charge on any atom is -0.490 e. The monoisotopic (exact) mass is 388 g/mol. The van der Waals surface area contributed by atoms with Gasteiger partial charge < -0.3 is 15.2 Å². The van der Waals surface area contributed by atoms with E-state index in [1.165, 1.54) is 12.0 Å². The predicted octanol–water partition coefficient (Wildman–Crippen LogP) is 3.94. The number of hydrogen-bond donors (Lipinski definition) is 1. The second-order valence-corrected chi connectivity index (χ2v) is 7.09. The van der Waals surface area contributed by atoms with Crippen molar-refractivity contribution in [3.63, 3.8) is 0 Å². The lowest BCUT2D eigenvalue weighted by Gasteiger charge is -2.25. The summed E-state index contributed by atoms with van der Waals surface area (Å²) in [5, 5.41) is 0.760. The van der Waals surface area contributed by atoms with Crippen LogP contribution in [0.3, 0.4) is 0 Å². The molecule has 0 saturated carbocycles. The molecule has 1 aliphatic rings. The molecule has 2 aromatic carbocycles. The zero-order valence-corrected chi connectivity index (χ0v) is 16.2. The van der Waals surface area contributed by atoms with E-state index in [9.17, 15) is 4.79 Å². The van der Waals surface area contributed by atoms with E-state index in [0.29, 0.717) is 24.1 Å². The van der Waals surface area contributed by atoms with Crippen LogP contribution in [0, 0.1) is 0 Å². The Morgan fingerprint density at radius 3 is 2.67 bits per heavy atom. The number of hydrogen-bond acceptors (Lipinski definition) is 4. The molecule has 1 atom stereocenters. The van der Waals surface area contributed by atoms with Crippen LogP contribution in [0.4, 0.5) is 0 Å². The van der Waals surface area contributed by atoms with E-state index in [1.807, 2.05) is 37.3 Å². The Labute approximate surface area is 165 Å². The highest BCUT2D eigenvalue weighted by atomic mass is 35.5. The zero-order valence-electron chi connectivity index (χ0n) is 15.5. The molecule has 1 aliphatic heterocycles. The number of carbonyl (C=O) groups is 1. The standard InChI is InChI=1S/C21H25ClN2O3/c1-2-26-20-12-15(5-10-19(20)27-14-21(23)25)13-24-11-3-4-18(24)16-6-8-17(22)9-7-16/h5-10,12,18H,2-4,11,13-14H2,1H3,(H2,23,25)/t18-/m0/s1. The molecule has 27 heavy (non-hydrogen) atoms.